The Morgan fingerprint density at radius 2 is 1.72 bits per heavy atom. The van der Waals surface area contributed by atoms with Crippen LogP contribution < -0.4 is 15.2 Å². The molecule has 0 saturated heterocycles. The fourth-order valence-corrected chi connectivity index (χ4v) is 3.52. The predicted octanol–water partition coefficient (Wildman–Crippen LogP) is 5.90. The van der Waals surface area contributed by atoms with Crippen LogP contribution in [0.15, 0.2) is 84.9 Å². The molecule has 4 rings (SSSR count). The van der Waals surface area contributed by atoms with E-state index in [2.05, 4.69) is 23.2 Å². The summed E-state index contributed by atoms with van der Waals surface area (Å²) in [6, 6.07) is 27.1. The van der Waals surface area contributed by atoms with Gasteiger partial charge in [-0.2, -0.15) is 0 Å². The number of hydrogen-bond donors (Lipinski definition) is 1. The van der Waals surface area contributed by atoms with Crippen molar-refractivity contribution in [2.45, 2.75) is 20.4 Å². The molecule has 4 aromatic rings. The van der Waals surface area contributed by atoms with Gasteiger partial charge in [0.05, 0.1) is 5.69 Å². The van der Waals surface area contributed by atoms with E-state index in [1.54, 1.807) is 12.1 Å². The quantitative estimate of drug-likeness (QED) is 0.308. The summed E-state index contributed by atoms with van der Waals surface area (Å²) in [7, 11) is 0. The summed E-state index contributed by atoms with van der Waals surface area (Å²) in [5.74, 6) is 1.22. The third-order valence-corrected chi connectivity index (χ3v) is 4.91. The number of nitrogens with zero attached hydrogens (tertiary/aromatic N) is 1. The summed E-state index contributed by atoms with van der Waals surface area (Å²) < 4.78 is 11.4. The highest BCUT2D eigenvalue weighted by Gasteiger charge is 2.11. The number of benzene rings is 3. The second-order valence-electron chi connectivity index (χ2n) is 7.49. The van der Waals surface area contributed by atoms with Gasteiger partial charge in [-0.1, -0.05) is 42.5 Å². The van der Waals surface area contributed by atoms with Gasteiger partial charge in [0.25, 0.3) is 0 Å². The summed E-state index contributed by atoms with van der Waals surface area (Å²) in [6.45, 7) is 3.90. The van der Waals surface area contributed by atoms with E-state index in [9.17, 15) is 4.79 Å². The number of ether oxygens (including phenoxy) is 2. The lowest BCUT2D eigenvalue weighted by Gasteiger charge is -2.12. The number of rotatable bonds is 6. The van der Waals surface area contributed by atoms with Crippen molar-refractivity contribution in [3.8, 4) is 39.8 Å². The van der Waals surface area contributed by atoms with Gasteiger partial charge in [-0.3, -0.25) is 4.79 Å². The molecule has 160 valence electrons. The molecule has 0 unspecified atom stereocenters. The molecule has 0 aliphatic rings. The van der Waals surface area contributed by atoms with Crippen molar-refractivity contribution in [2.24, 2.45) is 5.73 Å². The molecule has 0 fully saturated rings. The summed E-state index contributed by atoms with van der Waals surface area (Å²) in [4.78, 5) is 16.1. The van der Waals surface area contributed by atoms with E-state index < -0.39 is 0 Å². The first-order valence-corrected chi connectivity index (χ1v) is 10.4. The van der Waals surface area contributed by atoms with E-state index in [4.69, 9.17) is 15.2 Å². The number of hydrogen-bond acceptors (Lipinski definition) is 5. The second kappa shape index (κ2) is 9.45. The largest absolute Gasteiger partial charge is 0.439 e. The molecule has 0 radical (unpaired) electrons. The fraction of sp³-hybridized carbons (Fsp3) is 0.111. The molecule has 32 heavy (non-hydrogen) atoms. The van der Waals surface area contributed by atoms with Crippen LogP contribution in [0.4, 0.5) is 0 Å². The van der Waals surface area contributed by atoms with Crippen molar-refractivity contribution in [3.63, 3.8) is 0 Å². The Kier molecular flexibility index (Phi) is 6.29. The maximum atomic E-state index is 11.5. The van der Waals surface area contributed by atoms with Gasteiger partial charge >= 0.3 is 5.97 Å². The number of esters is 1. The van der Waals surface area contributed by atoms with Crippen LogP contribution in [0.25, 0.3) is 22.4 Å². The standard InChI is InChI=1S/C27H24N2O3/c1-18-13-22(21-8-5-7-20(15-21)17-28)16-23(14-18)32-27-12-6-10-25(29-27)24-9-3-4-11-26(24)31-19(2)30/h3-16H,17,28H2,1-2H3. The van der Waals surface area contributed by atoms with Crippen LogP contribution in [0.3, 0.4) is 0 Å². The Labute approximate surface area is 187 Å². The Hall–Kier alpha value is -3.96. The first-order valence-electron chi connectivity index (χ1n) is 10.4. The molecular weight excluding hydrogens is 400 g/mol. The van der Waals surface area contributed by atoms with Crippen LogP contribution in [0, 0.1) is 6.92 Å². The van der Waals surface area contributed by atoms with Crippen molar-refractivity contribution in [3.05, 3.63) is 96.1 Å². The van der Waals surface area contributed by atoms with Gasteiger partial charge in [-0.05, 0) is 65.6 Å². The average Bonchev–Trinajstić information content (AvgIpc) is 2.79. The zero-order valence-electron chi connectivity index (χ0n) is 18.0. The van der Waals surface area contributed by atoms with Crippen LogP contribution in [0.2, 0.25) is 0 Å². The van der Waals surface area contributed by atoms with Gasteiger partial charge in [0.2, 0.25) is 5.88 Å². The highest BCUT2D eigenvalue weighted by molar-refractivity contribution is 5.75. The molecule has 0 bridgehead atoms. The fourth-order valence-electron chi connectivity index (χ4n) is 3.52. The van der Waals surface area contributed by atoms with Crippen LogP contribution in [-0.2, 0) is 11.3 Å². The number of nitrogens with two attached hydrogens (primary N) is 1. The highest BCUT2D eigenvalue weighted by atomic mass is 16.5. The molecule has 0 aliphatic carbocycles. The maximum absolute atomic E-state index is 11.5. The van der Waals surface area contributed by atoms with Crippen molar-refractivity contribution < 1.29 is 14.3 Å². The van der Waals surface area contributed by atoms with Gasteiger partial charge in [0, 0.05) is 25.1 Å². The van der Waals surface area contributed by atoms with Crippen molar-refractivity contribution in [1.82, 2.24) is 4.98 Å². The van der Waals surface area contributed by atoms with Crippen molar-refractivity contribution in [1.29, 1.82) is 0 Å². The summed E-state index contributed by atoms with van der Waals surface area (Å²) in [5, 5.41) is 0. The SMILES string of the molecule is CC(=O)Oc1ccccc1-c1cccc(Oc2cc(C)cc(-c3cccc(CN)c3)c2)n1. The van der Waals surface area contributed by atoms with E-state index in [-0.39, 0.29) is 5.97 Å². The molecule has 0 aliphatic heterocycles. The third kappa shape index (κ3) is 5.02. The normalized spacial score (nSPS) is 10.6. The number of pyridine rings is 1. The Morgan fingerprint density at radius 3 is 2.53 bits per heavy atom. The summed E-state index contributed by atoms with van der Waals surface area (Å²) >= 11 is 0. The average molecular weight is 425 g/mol. The Bertz CT molecular complexity index is 1270. The Balaban J connectivity index is 1.65. The minimum Gasteiger partial charge on any atom is -0.439 e. The summed E-state index contributed by atoms with van der Waals surface area (Å²) in [5.41, 5.74) is 11.5. The van der Waals surface area contributed by atoms with Crippen molar-refractivity contribution >= 4 is 5.97 Å². The first-order chi connectivity index (χ1) is 15.5. The number of carbonyl (C=O) groups excluding carboxylic acids is 1. The van der Waals surface area contributed by atoms with E-state index in [0.717, 1.165) is 27.8 Å². The van der Waals surface area contributed by atoms with Gasteiger partial charge in [0.15, 0.2) is 0 Å². The summed E-state index contributed by atoms with van der Waals surface area (Å²) in [6.07, 6.45) is 0. The third-order valence-electron chi connectivity index (χ3n) is 4.91. The van der Waals surface area contributed by atoms with Crippen LogP contribution in [-0.4, -0.2) is 11.0 Å². The van der Waals surface area contributed by atoms with Gasteiger partial charge < -0.3 is 15.2 Å². The van der Waals surface area contributed by atoms with Crippen LogP contribution in [0.5, 0.6) is 17.4 Å². The lowest BCUT2D eigenvalue weighted by molar-refractivity contribution is -0.131. The molecule has 0 amide bonds. The number of aryl methyl sites for hydroxylation is 1. The van der Waals surface area contributed by atoms with E-state index >= 15 is 0 Å². The zero-order chi connectivity index (χ0) is 22.5. The molecule has 1 aromatic heterocycles. The lowest BCUT2D eigenvalue weighted by atomic mass is 10.0. The molecule has 5 heteroatoms. The minimum absolute atomic E-state index is 0.379. The molecule has 0 saturated carbocycles. The van der Waals surface area contributed by atoms with Gasteiger partial charge in [0.1, 0.15) is 11.5 Å². The number of carbonyl (C=O) groups is 1. The number of para-hydroxylation sites is 1. The molecular formula is C27H24N2O3. The van der Waals surface area contributed by atoms with Gasteiger partial charge in [-0.25, -0.2) is 4.98 Å². The molecule has 0 atom stereocenters. The monoisotopic (exact) mass is 424 g/mol. The smallest absolute Gasteiger partial charge is 0.308 e. The first kappa shape index (κ1) is 21.3. The van der Waals surface area contributed by atoms with Crippen LogP contribution in [0.1, 0.15) is 18.1 Å². The highest BCUT2D eigenvalue weighted by Crippen LogP contribution is 2.32. The van der Waals surface area contributed by atoms with E-state index in [0.29, 0.717) is 29.6 Å². The molecule has 3 aromatic carbocycles. The second-order valence-corrected chi connectivity index (χ2v) is 7.49. The molecule has 2 N–H and O–H groups in total. The molecule has 0 spiro atoms. The van der Waals surface area contributed by atoms with Gasteiger partial charge in [-0.15, -0.1) is 0 Å². The predicted molar refractivity (Wildman–Crippen MR) is 126 cm³/mol. The van der Waals surface area contributed by atoms with E-state index in [1.165, 1.54) is 6.92 Å². The van der Waals surface area contributed by atoms with Crippen molar-refractivity contribution in [2.75, 3.05) is 0 Å². The maximum Gasteiger partial charge on any atom is 0.308 e. The zero-order valence-corrected chi connectivity index (χ0v) is 18.0. The van der Waals surface area contributed by atoms with Crippen LogP contribution >= 0.6 is 0 Å². The minimum atomic E-state index is -0.379. The van der Waals surface area contributed by atoms with E-state index in [1.807, 2.05) is 61.5 Å². The Morgan fingerprint density at radius 1 is 0.906 bits per heavy atom. The lowest BCUT2D eigenvalue weighted by Crippen LogP contribution is -2.03. The topological polar surface area (TPSA) is 74.4 Å². The molecule has 1 heterocycles. The number of aromatic nitrogens is 1. The molecule has 5 nitrogen and oxygen atoms in total.